The van der Waals surface area contributed by atoms with E-state index in [0.717, 1.165) is 0 Å². The summed E-state index contributed by atoms with van der Waals surface area (Å²) in [6, 6.07) is 0.231. The van der Waals surface area contributed by atoms with E-state index in [1.165, 1.54) is 0 Å². The van der Waals surface area contributed by atoms with Crippen LogP contribution in [0.15, 0.2) is 0 Å². The number of hydrogen-bond donors (Lipinski definition) is 2. The Balaban J connectivity index is -0.000000449. The molecule has 0 aromatic heterocycles. The van der Waals surface area contributed by atoms with Gasteiger partial charge < -0.3 is 10.4 Å². The second-order valence-electron chi connectivity index (χ2n) is 3.19. The zero-order chi connectivity index (χ0) is 11.6. The number of aliphatic hydroxyl groups is 1. The zero-order valence-electron chi connectivity index (χ0n) is 9.61. The fraction of sp³-hybridized carbons (Fsp3) is 1.00. The molecule has 0 aromatic rings. The largest absolute Gasteiger partial charge is 0.396 e. The van der Waals surface area contributed by atoms with E-state index in [4.69, 9.17) is 5.11 Å². The molecule has 0 aliphatic rings. The second kappa shape index (κ2) is 9.34. The van der Waals surface area contributed by atoms with E-state index >= 15 is 0 Å². The highest BCUT2D eigenvalue weighted by Crippen LogP contribution is 2.21. The van der Waals surface area contributed by atoms with Gasteiger partial charge in [-0.25, -0.2) is 8.78 Å². The van der Waals surface area contributed by atoms with Crippen molar-refractivity contribution in [2.24, 2.45) is 0 Å². The summed E-state index contributed by atoms with van der Waals surface area (Å²) < 4.78 is 25.3. The highest BCUT2D eigenvalue weighted by molar-refractivity contribution is 4.67. The lowest BCUT2D eigenvalue weighted by molar-refractivity contribution is -0.0285. The molecular formula is C10H25F2NO. The third-order valence-electron chi connectivity index (χ3n) is 1.52. The summed E-state index contributed by atoms with van der Waals surface area (Å²) in [6.45, 7) is 7.66. The molecule has 0 aliphatic carbocycles. The molecule has 0 heterocycles. The lowest BCUT2D eigenvalue weighted by Crippen LogP contribution is -2.29. The molecule has 0 aromatic carbocycles. The zero-order valence-corrected chi connectivity index (χ0v) is 9.61. The standard InChI is InChI=1S/C8H17F2NO.C2H6.H2/c1-7(2)11-5-3-8(9,10)4-6-12;1-2;/h7,11-12H,3-6H2,1-2H3;1-2H3;1H. The molecule has 0 saturated heterocycles. The van der Waals surface area contributed by atoms with Crippen LogP contribution in [0.4, 0.5) is 8.78 Å². The first-order valence-corrected chi connectivity index (χ1v) is 5.20. The van der Waals surface area contributed by atoms with Crippen LogP contribution in [0.25, 0.3) is 0 Å². The number of alkyl halides is 2. The van der Waals surface area contributed by atoms with E-state index in [2.05, 4.69) is 5.32 Å². The van der Waals surface area contributed by atoms with Crippen molar-refractivity contribution >= 4 is 0 Å². The maximum atomic E-state index is 12.7. The van der Waals surface area contributed by atoms with Gasteiger partial charge in [0.05, 0.1) is 0 Å². The molecule has 0 spiro atoms. The molecule has 2 nitrogen and oxygen atoms in total. The van der Waals surface area contributed by atoms with Gasteiger partial charge in [-0.1, -0.05) is 27.7 Å². The number of halogens is 2. The van der Waals surface area contributed by atoms with Gasteiger partial charge in [0.25, 0.3) is 5.92 Å². The first-order chi connectivity index (χ1) is 6.48. The van der Waals surface area contributed by atoms with E-state index in [1.54, 1.807) is 0 Å². The number of hydrogen-bond acceptors (Lipinski definition) is 2. The minimum atomic E-state index is -2.73. The highest BCUT2D eigenvalue weighted by Gasteiger charge is 2.27. The first kappa shape index (κ1) is 16.2. The van der Waals surface area contributed by atoms with Crippen molar-refractivity contribution in [1.82, 2.24) is 5.32 Å². The van der Waals surface area contributed by atoms with Gasteiger partial charge in [0.1, 0.15) is 0 Å². The Bertz CT molecular complexity index is 124. The summed E-state index contributed by atoms with van der Waals surface area (Å²) in [6.07, 6.45) is -0.640. The van der Waals surface area contributed by atoms with Crippen LogP contribution >= 0.6 is 0 Å². The average molecular weight is 213 g/mol. The van der Waals surface area contributed by atoms with Gasteiger partial charge in [-0.3, -0.25) is 0 Å². The van der Waals surface area contributed by atoms with Crippen molar-refractivity contribution in [3.8, 4) is 0 Å². The quantitative estimate of drug-likeness (QED) is 0.711. The highest BCUT2D eigenvalue weighted by atomic mass is 19.3. The number of aliphatic hydroxyl groups excluding tert-OH is 1. The summed E-state index contributed by atoms with van der Waals surface area (Å²) in [4.78, 5) is 0. The predicted molar refractivity (Wildman–Crippen MR) is 57.9 cm³/mol. The minimum absolute atomic E-state index is 0. The molecule has 0 saturated carbocycles. The monoisotopic (exact) mass is 213 g/mol. The van der Waals surface area contributed by atoms with Crippen LogP contribution in [0.5, 0.6) is 0 Å². The van der Waals surface area contributed by atoms with Crippen molar-refractivity contribution in [1.29, 1.82) is 0 Å². The third kappa shape index (κ3) is 11.8. The van der Waals surface area contributed by atoms with Gasteiger partial charge in [0.15, 0.2) is 0 Å². The molecular weight excluding hydrogens is 188 g/mol. The van der Waals surface area contributed by atoms with Gasteiger partial charge in [0.2, 0.25) is 0 Å². The van der Waals surface area contributed by atoms with Crippen molar-refractivity contribution in [2.75, 3.05) is 13.2 Å². The lowest BCUT2D eigenvalue weighted by atomic mass is 10.2. The normalized spacial score (nSPS) is 11.1. The Morgan fingerprint density at radius 3 is 2.14 bits per heavy atom. The van der Waals surface area contributed by atoms with E-state index in [9.17, 15) is 8.78 Å². The SMILES string of the molecule is CC.CC(C)NCCC(F)(F)CCO.[HH]. The molecule has 14 heavy (non-hydrogen) atoms. The number of nitrogens with one attached hydrogen (secondary N) is 1. The van der Waals surface area contributed by atoms with Crippen molar-refractivity contribution < 1.29 is 15.3 Å². The fourth-order valence-electron chi connectivity index (χ4n) is 0.832. The van der Waals surface area contributed by atoms with Crippen LogP contribution < -0.4 is 5.32 Å². The van der Waals surface area contributed by atoms with E-state index in [1.807, 2.05) is 27.7 Å². The van der Waals surface area contributed by atoms with Crippen LogP contribution in [0.2, 0.25) is 0 Å². The van der Waals surface area contributed by atoms with E-state index in [0.29, 0.717) is 6.54 Å². The molecule has 0 atom stereocenters. The van der Waals surface area contributed by atoms with Gasteiger partial charge in [-0.15, -0.1) is 0 Å². The van der Waals surface area contributed by atoms with Gasteiger partial charge in [-0.2, -0.15) is 0 Å². The van der Waals surface area contributed by atoms with Gasteiger partial charge in [-0.05, 0) is 0 Å². The molecule has 0 unspecified atom stereocenters. The van der Waals surface area contributed by atoms with Crippen molar-refractivity contribution in [3.63, 3.8) is 0 Å². The maximum Gasteiger partial charge on any atom is 0.251 e. The predicted octanol–water partition coefficient (Wildman–Crippen LogP) is 2.66. The molecule has 0 bridgehead atoms. The van der Waals surface area contributed by atoms with Gasteiger partial charge in [0, 0.05) is 33.5 Å². The summed E-state index contributed by atoms with van der Waals surface area (Å²) >= 11 is 0. The van der Waals surface area contributed by atoms with Crippen LogP contribution in [0.1, 0.15) is 42.0 Å². The molecule has 0 rings (SSSR count). The number of rotatable bonds is 6. The average Bonchev–Trinajstić information content (AvgIpc) is 2.06. The summed E-state index contributed by atoms with van der Waals surface area (Å²) in [5.41, 5.74) is 0. The Morgan fingerprint density at radius 1 is 1.29 bits per heavy atom. The summed E-state index contributed by atoms with van der Waals surface area (Å²) in [7, 11) is 0. The Kier molecular flexibility index (Phi) is 10.8. The summed E-state index contributed by atoms with van der Waals surface area (Å²) in [5.74, 6) is -2.73. The van der Waals surface area contributed by atoms with E-state index < -0.39 is 19.0 Å². The molecule has 2 N–H and O–H groups in total. The first-order valence-electron chi connectivity index (χ1n) is 5.20. The lowest BCUT2D eigenvalue weighted by Gasteiger charge is -2.16. The smallest absolute Gasteiger partial charge is 0.251 e. The molecule has 0 fully saturated rings. The van der Waals surface area contributed by atoms with Gasteiger partial charge >= 0.3 is 0 Å². The maximum absolute atomic E-state index is 12.7. The molecule has 0 radical (unpaired) electrons. The Labute approximate surface area is 87.2 Å². The van der Waals surface area contributed by atoms with Crippen molar-refractivity contribution in [3.05, 3.63) is 0 Å². The summed E-state index contributed by atoms with van der Waals surface area (Å²) in [5, 5.41) is 11.2. The third-order valence-corrected chi connectivity index (χ3v) is 1.52. The molecule has 90 valence electrons. The van der Waals surface area contributed by atoms with Crippen molar-refractivity contribution in [2.45, 2.75) is 52.5 Å². The molecule has 0 aliphatic heterocycles. The van der Waals surface area contributed by atoms with Crippen LogP contribution in [0, 0.1) is 0 Å². The molecule has 0 amide bonds. The minimum Gasteiger partial charge on any atom is -0.396 e. The van der Waals surface area contributed by atoms with Crippen LogP contribution in [0.3, 0.4) is 0 Å². The Morgan fingerprint density at radius 2 is 1.79 bits per heavy atom. The topological polar surface area (TPSA) is 32.3 Å². The second-order valence-corrected chi connectivity index (χ2v) is 3.19. The molecule has 4 heteroatoms. The van der Waals surface area contributed by atoms with E-state index in [-0.39, 0.29) is 13.9 Å². The fourth-order valence-corrected chi connectivity index (χ4v) is 0.832. The van der Waals surface area contributed by atoms with Crippen LogP contribution in [-0.4, -0.2) is 30.2 Å². The Hall–Kier alpha value is -0.220. The van der Waals surface area contributed by atoms with Crippen LogP contribution in [-0.2, 0) is 0 Å².